The van der Waals surface area contributed by atoms with Crippen LogP contribution in [0.4, 0.5) is 0 Å². The molecule has 0 bridgehead atoms. The largest absolute Gasteiger partial charge is 0.394 e. The molecule has 1 atom stereocenters. The first-order chi connectivity index (χ1) is 10.5. The van der Waals surface area contributed by atoms with Gasteiger partial charge in [-0.25, -0.2) is 4.98 Å². The Balaban J connectivity index is 1.64. The first-order valence-electron chi connectivity index (χ1n) is 8.06. The van der Waals surface area contributed by atoms with Gasteiger partial charge in [0.05, 0.1) is 18.7 Å². The molecule has 22 heavy (non-hydrogen) atoms. The van der Waals surface area contributed by atoms with Crippen molar-refractivity contribution in [1.29, 1.82) is 0 Å². The first-order valence-corrected chi connectivity index (χ1v) is 8.06. The number of carbonyl (C=O) groups excluding carboxylic acids is 1. The molecular formula is C16H26N4O2. The normalized spacial score (nSPS) is 28.4. The molecule has 0 radical (unpaired) electrons. The van der Waals surface area contributed by atoms with Crippen LogP contribution < -0.4 is 0 Å². The molecule has 6 nitrogen and oxygen atoms in total. The molecule has 0 aromatic carbocycles. The van der Waals surface area contributed by atoms with Gasteiger partial charge < -0.3 is 15.0 Å². The van der Waals surface area contributed by atoms with Crippen molar-refractivity contribution in [1.82, 2.24) is 19.8 Å². The van der Waals surface area contributed by atoms with Gasteiger partial charge in [0, 0.05) is 25.9 Å². The Morgan fingerprint density at radius 3 is 2.68 bits per heavy atom. The van der Waals surface area contributed by atoms with Crippen molar-refractivity contribution in [3.63, 3.8) is 0 Å². The molecular weight excluding hydrogens is 280 g/mol. The lowest BCUT2D eigenvalue weighted by molar-refractivity contribution is -0.134. The Hall–Kier alpha value is -1.40. The van der Waals surface area contributed by atoms with Crippen LogP contribution in [0.3, 0.4) is 0 Å². The first kappa shape index (κ1) is 15.5. The van der Waals surface area contributed by atoms with Crippen LogP contribution in [-0.4, -0.2) is 62.6 Å². The quantitative estimate of drug-likeness (QED) is 0.874. The van der Waals surface area contributed by atoms with Gasteiger partial charge in [-0.3, -0.25) is 9.69 Å². The lowest BCUT2D eigenvalue weighted by Crippen LogP contribution is -2.46. The molecule has 0 aliphatic carbocycles. The third kappa shape index (κ3) is 2.77. The van der Waals surface area contributed by atoms with Crippen LogP contribution in [0.2, 0.25) is 0 Å². The van der Waals surface area contributed by atoms with Crippen molar-refractivity contribution >= 4 is 5.91 Å². The zero-order chi connectivity index (χ0) is 15.8. The minimum Gasteiger partial charge on any atom is -0.394 e. The average molecular weight is 306 g/mol. The summed E-state index contributed by atoms with van der Waals surface area (Å²) in [5, 5.41) is 9.77. The number of rotatable bonds is 3. The number of hydrogen-bond acceptors (Lipinski definition) is 4. The standard InChI is InChI=1S/C16H26N4O2/c1-13(22)20-11-16(10-15(20,2)12-21)3-7-19(8-4-16)9-14-17-5-6-18-14/h5-6,21H,3-4,7-12H2,1-2H3,(H,17,18)/t15-/m0/s1. The zero-order valence-corrected chi connectivity index (χ0v) is 13.5. The van der Waals surface area contributed by atoms with E-state index < -0.39 is 5.54 Å². The second kappa shape index (κ2) is 5.66. The van der Waals surface area contributed by atoms with E-state index in [2.05, 4.69) is 14.9 Å². The van der Waals surface area contributed by atoms with E-state index in [1.807, 2.05) is 18.0 Å². The molecule has 0 unspecified atom stereocenters. The van der Waals surface area contributed by atoms with Crippen molar-refractivity contribution in [2.45, 2.75) is 45.2 Å². The van der Waals surface area contributed by atoms with Gasteiger partial charge in [0.15, 0.2) is 0 Å². The molecule has 3 heterocycles. The van der Waals surface area contributed by atoms with Crippen LogP contribution >= 0.6 is 0 Å². The lowest BCUT2D eigenvalue weighted by atomic mass is 9.74. The monoisotopic (exact) mass is 306 g/mol. The lowest BCUT2D eigenvalue weighted by Gasteiger charge is -2.39. The molecule has 2 aliphatic rings. The molecule has 1 spiro atoms. The van der Waals surface area contributed by atoms with Crippen molar-refractivity contribution in [3.8, 4) is 0 Å². The number of carbonyl (C=O) groups is 1. The maximum Gasteiger partial charge on any atom is 0.219 e. The van der Waals surface area contributed by atoms with Gasteiger partial charge >= 0.3 is 0 Å². The molecule has 6 heteroatoms. The molecule has 122 valence electrons. The minimum absolute atomic E-state index is 0.0461. The highest BCUT2D eigenvalue weighted by Gasteiger charge is 2.52. The number of piperidine rings is 1. The van der Waals surface area contributed by atoms with Crippen LogP contribution in [0.15, 0.2) is 12.4 Å². The molecule has 1 aromatic heterocycles. The number of aliphatic hydroxyl groups is 1. The van der Waals surface area contributed by atoms with E-state index in [9.17, 15) is 9.90 Å². The van der Waals surface area contributed by atoms with Crippen molar-refractivity contribution in [3.05, 3.63) is 18.2 Å². The van der Waals surface area contributed by atoms with Gasteiger partial charge in [0.1, 0.15) is 5.82 Å². The van der Waals surface area contributed by atoms with Crippen LogP contribution in [0.1, 0.15) is 38.9 Å². The summed E-state index contributed by atoms with van der Waals surface area (Å²) in [5.41, 5.74) is -0.224. The van der Waals surface area contributed by atoms with Crippen molar-refractivity contribution < 1.29 is 9.90 Å². The summed E-state index contributed by atoms with van der Waals surface area (Å²) in [6, 6.07) is 0. The van der Waals surface area contributed by atoms with E-state index in [1.54, 1.807) is 13.1 Å². The summed E-state index contributed by atoms with van der Waals surface area (Å²) in [7, 11) is 0. The Morgan fingerprint density at radius 2 is 2.18 bits per heavy atom. The smallest absolute Gasteiger partial charge is 0.219 e. The topological polar surface area (TPSA) is 72.5 Å². The second-order valence-corrected chi connectivity index (χ2v) is 7.25. The maximum absolute atomic E-state index is 11.9. The minimum atomic E-state index is -0.394. The van der Waals surface area contributed by atoms with E-state index in [0.717, 1.165) is 51.3 Å². The fraction of sp³-hybridized carbons (Fsp3) is 0.750. The molecule has 2 aliphatic heterocycles. The molecule has 2 saturated heterocycles. The Bertz CT molecular complexity index is 522. The summed E-state index contributed by atoms with van der Waals surface area (Å²) in [6.07, 6.45) is 6.70. The summed E-state index contributed by atoms with van der Waals surface area (Å²) in [4.78, 5) is 23.7. The Labute approximate surface area is 131 Å². The number of hydrogen-bond donors (Lipinski definition) is 2. The number of amides is 1. The van der Waals surface area contributed by atoms with E-state index in [1.165, 1.54) is 0 Å². The average Bonchev–Trinajstić information content (AvgIpc) is 3.09. The number of nitrogens with zero attached hydrogens (tertiary/aromatic N) is 3. The van der Waals surface area contributed by atoms with E-state index in [-0.39, 0.29) is 17.9 Å². The highest BCUT2D eigenvalue weighted by molar-refractivity contribution is 5.74. The summed E-state index contributed by atoms with van der Waals surface area (Å²) >= 11 is 0. The maximum atomic E-state index is 11.9. The van der Waals surface area contributed by atoms with Gasteiger partial charge in [0.2, 0.25) is 5.91 Å². The number of aliphatic hydroxyl groups excluding tert-OH is 1. The van der Waals surface area contributed by atoms with Crippen LogP contribution in [0.5, 0.6) is 0 Å². The fourth-order valence-electron chi connectivity index (χ4n) is 4.23. The number of aromatic amines is 1. The molecule has 0 saturated carbocycles. The van der Waals surface area contributed by atoms with E-state index in [0.29, 0.717) is 0 Å². The fourth-order valence-corrected chi connectivity index (χ4v) is 4.23. The molecule has 1 aromatic rings. The van der Waals surface area contributed by atoms with Gasteiger partial charge in [0.25, 0.3) is 0 Å². The van der Waals surface area contributed by atoms with Gasteiger partial charge in [-0.05, 0) is 44.7 Å². The zero-order valence-electron chi connectivity index (χ0n) is 13.5. The summed E-state index contributed by atoms with van der Waals surface area (Å²) in [6.45, 7) is 7.36. The summed E-state index contributed by atoms with van der Waals surface area (Å²) in [5.74, 6) is 1.08. The van der Waals surface area contributed by atoms with E-state index >= 15 is 0 Å². The van der Waals surface area contributed by atoms with Gasteiger partial charge in [-0.1, -0.05) is 0 Å². The third-order valence-corrected chi connectivity index (χ3v) is 5.47. The molecule has 3 rings (SSSR count). The van der Waals surface area contributed by atoms with Gasteiger partial charge in [-0.2, -0.15) is 0 Å². The van der Waals surface area contributed by atoms with Crippen molar-refractivity contribution in [2.24, 2.45) is 5.41 Å². The Kier molecular flexibility index (Phi) is 3.99. The molecule has 2 fully saturated rings. The molecule has 1 amide bonds. The number of imidazole rings is 1. The highest BCUT2D eigenvalue weighted by Crippen LogP contribution is 2.48. The summed E-state index contributed by atoms with van der Waals surface area (Å²) < 4.78 is 0. The van der Waals surface area contributed by atoms with Crippen LogP contribution in [0, 0.1) is 5.41 Å². The number of H-pyrrole nitrogens is 1. The predicted octanol–water partition coefficient (Wildman–Crippen LogP) is 0.995. The van der Waals surface area contributed by atoms with Crippen LogP contribution in [0.25, 0.3) is 0 Å². The SMILES string of the molecule is CC(=O)N1CC2(CCN(Cc3ncc[nH]3)CC2)C[C@@]1(C)CO. The van der Waals surface area contributed by atoms with Crippen LogP contribution in [-0.2, 0) is 11.3 Å². The molecule has 2 N–H and O–H groups in total. The van der Waals surface area contributed by atoms with Gasteiger partial charge in [-0.15, -0.1) is 0 Å². The number of nitrogens with one attached hydrogen (secondary N) is 1. The second-order valence-electron chi connectivity index (χ2n) is 7.25. The third-order valence-electron chi connectivity index (χ3n) is 5.47. The van der Waals surface area contributed by atoms with Crippen molar-refractivity contribution in [2.75, 3.05) is 26.2 Å². The highest BCUT2D eigenvalue weighted by atomic mass is 16.3. The van der Waals surface area contributed by atoms with E-state index in [4.69, 9.17) is 0 Å². The predicted molar refractivity (Wildman–Crippen MR) is 83.0 cm³/mol. The number of likely N-dealkylation sites (tertiary alicyclic amines) is 2. The number of aromatic nitrogens is 2. The Morgan fingerprint density at radius 1 is 1.45 bits per heavy atom.